The smallest absolute Gasteiger partial charge is 0.255 e. The van der Waals surface area contributed by atoms with Gasteiger partial charge in [0.2, 0.25) is 5.91 Å². The second kappa shape index (κ2) is 10.4. The monoisotopic (exact) mass is 438 g/mol. The molecule has 4 aromatic carbocycles. The largest absolute Gasteiger partial charge is 0.343 e. The number of benzene rings is 4. The lowest BCUT2D eigenvalue weighted by Crippen LogP contribution is -2.42. The summed E-state index contributed by atoms with van der Waals surface area (Å²) in [5.74, 6) is -1.70. The van der Waals surface area contributed by atoms with Gasteiger partial charge in [0.05, 0.1) is 11.6 Å². The maximum atomic E-state index is 14.2. The molecule has 0 aliphatic rings. The van der Waals surface area contributed by atoms with E-state index in [1.165, 1.54) is 18.2 Å². The summed E-state index contributed by atoms with van der Waals surface area (Å²) in [7, 11) is 0. The van der Waals surface area contributed by atoms with Crippen molar-refractivity contribution in [3.63, 3.8) is 0 Å². The van der Waals surface area contributed by atoms with E-state index >= 15 is 0 Å². The first kappa shape index (κ1) is 22.0. The molecular weight excluding hydrogens is 415 g/mol. The predicted octanol–water partition coefficient (Wildman–Crippen LogP) is 5.20. The highest BCUT2D eigenvalue weighted by molar-refractivity contribution is 5.98. The fourth-order valence-corrected chi connectivity index (χ4v) is 3.68. The molecule has 0 spiro atoms. The van der Waals surface area contributed by atoms with Crippen LogP contribution in [0.25, 0.3) is 0 Å². The zero-order valence-corrected chi connectivity index (χ0v) is 17.8. The minimum Gasteiger partial charge on any atom is -0.343 e. The van der Waals surface area contributed by atoms with E-state index in [-0.39, 0.29) is 5.56 Å². The van der Waals surface area contributed by atoms with Crippen molar-refractivity contribution in [2.45, 2.75) is 12.1 Å². The van der Waals surface area contributed by atoms with Gasteiger partial charge in [-0.3, -0.25) is 9.59 Å². The Morgan fingerprint density at radius 3 is 1.55 bits per heavy atom. The average Bonchev–Trinajstić information content (AvgIpc) is 2.87. The Bertz CT molecular complexity index is 1170. The van der Waals surface area contributed by atoms with Crippen molar-refractivity contribution in [2.24, 2.45) is 0 Å². The van der Waals surface area contributed by atoms with Gasteiger partial charge in [0.1, 0.15) is 11.9 Å². The summed E-state index contributed by atoms with van der Waals surface area (Å²) >= 11 is 0. The van der Waals surface area contributed by atoms with Crippen molar-refractivity contribution in [2.75, 3.05) is 0 Å². The molecule has 0 bridgehead atoms. The lowest BCUT2D eigenvalue weighted by atomic mass is 9.97. The molecule has 164 valence electrons. The van der Waals surface area contributed by atoms with Crippen molar-refractivity contribution >= 4 is 11.8 Å². The van der Waals surface area contributed by atoms with Crippen molar-refractivity contribution in [3.8, 4) is 0 Å². The molecule has 0 heterocycles. The zero-order chi connectivity index (χ0) is 23.0. The summed E-state index contributed by atoms with van der Waals surface area (Å²) in [6, 6.07) is 32.4. The van der Waals surface area contributed by atoms with Crippen LogP contribution in [0.15, 0.2) is 115 Å². The quantitative estimate of drug-likeness (QED) is 0.417. The maximum Gasteiger partial charge on any atom is 0.255 e. The van der Waals surface area contributed by atoms with Crippen LogP contribution in [0.4, 0.5) is 4.39 Å². The molecular formula is C28H23FN2O2. The topological polar surface area (TPSA) is 58.2 Å². The summed E-state index contributed by atoms with van der Waals surface area (Å²) in [5, 5.41) is 5.78. The highest BCUT2D eigenvalue weighted by Crippen LogP contribution is 2.24. The lowest BCUT2D eigenvalue weighted by Gasteiger charge is -2.25. The van der Waals surface area contributed by atoms with E-state index < -0.39 is 29.7 Å². The van der Waals surface area contributed by atoms with Gasteiger partial charge in [0.25, 0.3) is 5.91 Å². The molecule has 4 aromatic rings. The number of halogens is 1. The molecule has 0 unspecified atom stereocenters. The molecule has 2 amide bonds. The van der Waals surface area contributed by atoms with Crippen LogP contribution in [0.1, 0.15) is 39.1 Å². The number of hydrogen-bond acceptors (Lipinski definition) is 2. The molecule has 4 nitrogen and oxygen atoms in total. The molecule has 0 saturated carbocycles. The second-order valence-electron chi connectivity index (χ2n) is 7.56. The molecule has 0 aliphatic heterocycles. The van der Waals surface area contributed by atoms with Gasteiger partial charge < -0.3 is 10.6 Å². The Balaban J connectivity index is 1.65. The normalized spacial score (nSPS) is 11.6. The number of amides is 2. The first-order chi connectivity index (χ1) is 16.1. The molecule has 33 heavy (non-hydrogen) atoms. The first-order valence-corrected chi connectivity index (χ1v) is 10.6. The molecule has 2 N–H and O–H groups in total. The third-order valence-electron chi connectivity index (χ3n) is 5.34. The predicted molar refractivity (Wildman–Crippen MR) is 126 cm³/mol. The molecule has 5 heteroatoms. The van der Waals surface area contributed by atoms with E-state index in [1.54, 1.807) is 30.3 Å². The van der Waals surface area contributed by atoms with Crippen molar-refractivity contribution < 1.29 is 14.0 Å². The minimum atomic E-state index is -1.01. The first-order valence-electron chi connectivity index (χ1n) is 10.6. The van der Waals surface area contributed by atoms with Crippen molar-refractivity contribution in [3.05, 3.63) is 143 Å². The van der Waals surface area contributed by atoms with E-state index in [9.17, 15) is 14.0 Å². The van der Waals surface area contributed by atoms with E-state index in [1.807, 2.05) is 66.7 Å². The van der Waals surface area contributed by atoms with Gasteiger partial charge in [0, 0.05) is 0 Å². The molecule has 0 fully saturated rings. The fraction of sp³-hybridized carbons (Fsp3) is 0.0714. The summed E-state index contributed by atoms with van der Waals surface area (Å²) in [6.45, 7) is 0. The number of hydrogen-bond donors (Lipinski definition) is 2. The third kappa shape index (κ3) is 5.33. The van der Waals surface area contributed by atoms with Crippen molar-refractivity contribution in [1.82, 2.24) is 10.6 Å². The summed E-state index contributed by atoms with van der Waals surface area (Å²) in [4.78, 5) is 26.4. The van der Waals surface area contributed by atoms with E-state index in [4.69, 9.17) is 0 Å². The van der Waals surface area contributed by atoms with Gasteiger partial charge in [-0.25, -0.2) is 4.39 Å². The van der Waals surface area contributed by atoms with Crippen LogP contribution in [0.3, 0.4) is 0 Å². The molecule has 4 rings (SSSR count). The molecule has 1 atom stereocenters. The molecule has 0 radical (unpaired) electrons. The Hall–Kier alpha value is -4.25. The Kier molecular flexibility index (Phi) is 6.90. The Labute approximate surface area is 192 Å². The van der Waals surface area contributed by atoms with E-state index in [0.717, 1.165) is 11.1 Å². The van der Waals surface area contributed by atoms with Crippen LogP contribution >= 0.6 is 0 Å². The highest BCUT2D eigenvalue weighted by atomic mass is 19.1. The minimum absolute atomic E-state index is 0.117. The fourth-order valence-electron chi connectivity index (χ4n) is 3.68. The SMILES string of the molecule is O=C(N[C@H](C(=O)NC(c1ccccc1)c1ccccc1)c1ccccc1)c1ccccc1F. The summed E-state index contributed by atoms with van der Waals surface area (Å²) in [5.41, 5.74) is 2.29. The van der Waals surface area contributed by atoms with E-state index in [0.29, 0.717) is 5.56 Å². The second-order valence-corrected chi connectivity index (χ2v) is 7.56. The van der Waals surface area contributed by atoms with Crippen LogP contribution in [0, 0.1) is 5.82 Å². The van der Waals surface area contributed by atoms with Gasteiger partial charge in [0.15, 0.2) is 0 Å². The van der Waals surface area contributed by atoms with Crippen LogP contribution in [-0.4, -0.2) is 11.8 Å². The third-order valence-corrected chi connectivity index (χ3v) is 5.34. The average molecular weight is 439 g/mol. The van der Waals surface area contributed by atoms with Crippen LogP contribution in [0.2, 0.25) is 0 Å². The maximum absolute atomic E-state index is 14.2. The van der Waals surface area contributed by atoms with E-state index in [2.05, 4.69) is 10.6 Å². The van der Waals surface area contributed by atoms with Crippen LogP contribution in [-0.2, 0) is 4.79 Å². The van der Waals surface area contributed by atoms with Gasteiger partial charge >= 0.3 is 0 Å². The highest BCUT2D eigenvalue weighted by Gasteiger charge is 2.27. The number of nitrogens with one attached hydrogen (secondary N) is 2. The van der Waals surface area contributed by atoms with Crippen molar-refractivity contribution in [1.29, 1.82) is 0 Å². The summed E-state index contributed by atoms with van der Waals surface area (Å²) in [6.07, 6.45) is 0. The number of rotatable bonds is 7. The Morgan fingerprint density at radius 1 is 0.576 bits per heavy atom. The molecule has 0 aromatic heterocycles. The Morgan fingerprint density at radius 2 is 1.03 bits per heavy atom. The van der Waals surface area contributed by atoms with Gasteiger partial charge in [-0.05, 0) is 28.8 Å². The van der Waals surface area contributed by atoms with Crippen LogP contribution in [0.5, 0.6) is 0 Å². The number of carbonyl (C=O) groups is 2. The molecule has 0 aliphatic carbocycles. The van der Waals surface area contributed by atoms with Gasteiger partial charge in [-0.2, -0.15) is 0 Å². The van der Waals surface area contributed by atoms with Gasteiger partial charge in [-0.1, -0.05) is 103 Å². The molecule has 0 saturated heterocycles. The zero-order valence-electron chi connectivity index (χ0n) is 17.8. The van der Waals surface area contributed by atoms with Gasteiger partial charge in [-0.15, -0.1) is 0 Å². The summed E-state index contributed by atoms with van der Waals surface area (Å²) < 4.78 is 14.2. The standard InChI is InChI=1S/C28H23FN2O2/c29-24-19-11-10-18-23(24)27(32)31-26(22-16-8-3-9-17-22)28(33)30-25(20-12-4-1-5-13-20)21-14-6-2-7-15-21/h1-19,25-26H,(H,30,33)(H,31,32)/t26-/m0/s1. The lowest BCUT2D eigenvalue weighted by molar-refractivity contribution is -0.123. The number of carbonyl (C=O) groups excluding carboxylic acids is 2. The van der Waals surface area contributed by atoms with Crippen LogP contribution < -0.4 is 10.6 Å².